The zero-order valence-electron chi connectivity index (χ0n) is 22.6. The Bertz CT molecular complexity index is 1180. The van der Waals surface area contributed by atoms with Crippen molar-refractivity contribution in [3.05, 3.63) is 47.5 Å². The van der Waals surface area contributed by atoms with Crippen LogP contribution in [0, 0.1) is 11.8 Å². The molecular formula is C29H37N3O6. The predicted molar refractivity (Wildman–Crippen MR) is 143 cm³/mol. The SMILES string of the molecule is CO[C@H]1CN(C)C(=O)c2ccc(NC(=O)c3ccc4c(c3)OCO4)cc2OC[C@H](C)N(CC2CC2)C[C@H]1C. The van der Waals surface area contributed by atoms with Crippen LogP contribution in [0.4, 0.5) is 5.69 Å². The number of carbonyl (C=O) groups is 2. The van der Waals surface area contributed by atoms with Crippen molar-refractivity contribution in [1.82, 2.24) is 9.80 Å². The number of likely N-dealkylation sites (N-methyl/N-ethyl adjacent to an activating group) is 1. The third-order valence-corrected chi connectivity index (χ3v) is 7.66. The van der Waals surface area contributed by atoms with Gasteiger partial charge in [0, 0.05) is 57.2 Å². The maximum atomic E-state index is 13.5. The molecule has 1 N–H and O–H groups in total. The van der Waals surface area contributed by atoms with Crippen LogP contribution in [0.5, 0.6) is 17.2 Å². The van der Waals surface area contributed by atoms with E-state index in [1.807, 2.05) is 0 Å². The molecule has 0 aromatic heterocycles. The molecule has 2 aliphatic heterocycles. The van der Waals surface area contributed by atoms with E-state index >= 15 is 0 Å². The van der Waals surface area contributed by atoms with Crippen LogP contribution < -0.4 is 19.5 Å². The highest BCUT2D eigenvalue weighted by molar-refractivity contribution is 6.05. The van der Waals surface area contributed by atoms with Gasteiger partial charge in [-0.05, 0) is 61.9 Å². The molecule has 38 heavy (non-hydrogen) atoms. The number of benzene rings is 2. The lowest BCUT2D eigenvalue weighted by Crippen LogP contribution is -2.47. The highest BCUT2D eigenvalue weighted by Gasteiger charge is 2.31. The standard InChI is InChI=1S/C29H37N3O6/c1-18-13-32(14-20-5-6-20)19(2)16-36-25-12-22(8-9-23(25)29(34)31(3)15-27(18)35-4)30-28(33)21-7-10-24-26(11-21)38-17-37-24/h7-12,18-20,27H,5-6,13-17H2,1-4H3,(H,30,33)/t18-,19+,27+/m1/s1. The Balaban J connectivity index is 1.39. The van der Waals surface area contributed by atoms with Crippen molar-refractivity contribution in [1.29, 1.82) is 0 Å². The summed E-state index contributed by atoms with van der Waals surface area (Å²) < 4.78 is 22.9. The first-order valence-electron chi connectivity index (χ1n) is 13.3. The molecule has 0 saturated heterocycles. The summed E-state index contributed by atoms with van der Waals surface area (Å²) in [6.45, 7) is 7.32. The molecule has 2 amide bonds. The molecule has 2 aromatic carbocycles. The first kappa shape index (κ1) is 26.3. The largest absolute Gasteiger partial charge is 0.491 e. The Morgan fingerprint density at radius 3 is 2.58 bits per heavy atom. The second-order valence-electron chi connectivity index (χ2n) is 10.7. The van der Waals surface area contributed by atoms with E-state index in [2.05, 4.69) is 24.1 Å². The number of amides is 2. The normalized spacial score (nSPS) is 24.2. The number of nitrogens with zero attached hydrogens (tertiary/aromatic N) is 2. The molecule has 204 valence electrons. The van der Waals surface area contributed by atoms with Crippen molar-refractivity contribution < 1.29 is 28.5 Å². The fourth-order valence-electron chi connectivity index (χ4n) is 5.05. The first-order chi connectivity index (χ1) is 18.3. The van der Waals surface area contributed by atoms with E-state index in [9.17, 15) is 9.59 Å². The lowest BCUT2D eigenvalue weighted by molar-refractivity contribution is 0.00994. The van der Waals surface area contributed by atoms with Crippen LogP contribution in [0.2, 0.25) is 0 Å². The van der Waals surface area contributed by atoms with Crippen molar-refractivity contribution in [2.24, 2.45) is 11.8 Å². The summed E-state index contributed by atoms with van der Waals surface area (Å²) in [5.41, 5.74) is 1.44. The van der Waals surface area contributed by atoms with Gasteiger partial charge in [0.25, 0.3) is 11.8 Å². The van der Waals surface area contributed by atoms with Crippen LogP contribution in [0.1, 0.15) is 47.4 Å². The van der Waals surface area contributed by atoms with Crippen molar-refractivity contribution in [2.75, 3.05) is 52.5 Å². The predicted octanol–water partition coefficient (Wildman–Crippen LogP) is 3.88. The number of ether oxygens (including phenoxy) is 4. The molecular weight excluding hydrogens is 486 g/mol. The Labute approximate surface area is 224 Å². The minimum Gasteiger partial charge on any atom is -0.491 e. The average Bonchev–Trinajstić information content (AvgIpc) is 3.61. The molecule has 1 saturated carbocycles. The van der Waals surface area contributed by atoms with Gasteiger partial charge in [0.1, 0.15) is 12.4 Å². The van der Waals surface area contributed by atoms with Gasteiger partial charge in [0.15, 0.2) is 11.5 Å². The number of anilines is 1. The molecule has 0 spiro atoms. The fourth-order valence-corrected chi connectivity index (χ4v) is 5.05. The van der Waals surface area contributed by atoms with Gasteiger partial charge in [-0.1, -0.05) is 6.92 Å². The first-order valence-corrected chi connectivity index (χ1v) is 13.3. The molecule has 0 unspecified atom stereocenters. The van der Waals surface area contributed by atoms with Crippen LogP contribution in [-0.2, 0) is 4.74 Å². The number of fused-ring (bicyclic) bond motifs is 2. The fraction of sp³-hybridized carbons (Fsp3) is 0.517. The van der Waals surface area contributed by atoms with Crippen LogP contribution >= 0.6 is 0 Å². The molecule has 3 atom stereocenters. The quantitative estimate of drug-likeness (QED) is 0.636. The van der Waals surface area contributed by atoms with Gasteiger partial charge in [0.2, 0.25) is 6.79 Å². The maximum Gasteiger partial charge on any atom is 0.257 e. The summed E-state index contributed by atoms with van der Waals surface area (Å²) >= 11 is 0. The molecule has 5 rings (SSSR count). The van der Waals surface area contributed by atoms with E-state index in [0.717, 1.165) is 19.0 Å². The van der Waals surface area contributed by atoms with Gasteiger partial charge < -0.3 is 29.2 Å². The number of hydrogen-bond donors (Lipinski definition) is 1. The number of methoxy groups -OCH3 is 1. The van der Waals surface area contributed by atoms with Crippen LogP contribution in [0.15, 0.2) is 36.4 Å². The lowest BCUT2D eigenvalue weighted by Gasteiger charge is -2.36. The van der Waals surface area contributed by atoms with E-state index < -0.39 is 0 Å². The monoisotopic (exact) mass is 523 g/mol. The summed E-state index contributed by atoms with van der Waals surface area (Å²) in [6.07, 6.45) is 2.47. The Hall–Kier alpha value is -3.30. The molecule has 1 fully saturated rings. The maximum absolute atomic E-state index is 13.5. The van der Waals surface area contributed by atoms with E-state index in [0.29, 0.717) is 47.2 Å². The van der Waals surface area contributed by atoms with E-state index in [1.165, 1.54) is 12.8 Å². The van der Waals surface area contributed by atoms with Crippen LogP contribution in [-0.4, -0.2) is 81.0 Å². The van der Waals surface area contributed by atoms with E-state index in [-0.39, 0.29) is 36.7 Å². The molecule has 3 aliphatic rings. The van der Waals surface area contributed by atoms with Crippen LogP contribution in [0.25, 0.3) is 0 Å². The number of nitrogens with one attached hydrogen (secondary N) is 1. The highest BCUT2D eigenvalue weighted by atomic mass is 16.7. The van der Waals surface area contributed by atoms with Crippen molar-refractivity contribution in [2.45, 2.75) is 38.8 Å². The molecule has 0 bridgehead atoms. The second kappa shape index (κ2) is 11.2. The van der Waals surface area contributed by atoms with Crippen molar-refractivity contribution in [3.63, 3.8) is 0 Å². The summed E-state index contributed by atoms with van der Waals surface area (Å²) in [5.74, 6) is 2.17. The summed E-state index contributed by atoms with van der Waals surface area (Å²) in [4.78, 5) is 30.6. The smallest absolute Gasteiger partial charge is 0.257 e. The third-order valence-electron chi connectivity index (χ3n) is 7.66. The molecule has 9 nitrogen and oxygen atoms in total. The van der Waals surface area contributed by atoms with E-state index in [1.54, 1.807) is 55.5 Å². The average molecular weight is 524 g/mol. The molecule has 1 aliphatic carbocycles. The molecule has 9 heteroatoms. The molecule has 2 aromatic rings. The summed E-state index contributed by atoms with van der Waals surface area (Å²) in [5, 5.41) is 2.92. The zero-order chi connectivity index (χ0) is 26.8. The lowest BCUT2D eigenvalue weighted by atomic mass is 10.0. The molecule has 2 heterocycles. The van der Waals surface area contributed by atoms with Gasteiger partial charge in [-0.25, -0.2) is 0 Å². The van der Waals surface area contributed by atoms with Gasteiger partial charge in [-0.15, -0.1) is 0 Å². The number of carbonyl (C=O) groups excluding carboxylic acids is 2. The summed E-state index contributed by atoms with van der Waals surface area (Å²) in [7, 11) is 3.50. The van der Waals surface area contributed by atoms with Crippen molar-refractivity contribution in [3.8, 4) is 17.2 Å². The zero-order valence-corrected chi connectivity index (χ0v) is 22.6. The van der Waals surface area contributed by atoms with E-state index in [4.69, 9.17) is 18.9 Å². The Morgan fingerprint density at radius 2 is 1.82 bits per heavy atom. The number of hydrogen-bond acceptors (Lipinski definition) is 7. The summed E-state index contributed by atoms with van der Waals surface area (Å²) in [6, 6.07) is 10.4. The minimum atomic E-state index is -0.291. The Kier molecular flexibility index (Phi) is 7.76. The Morgan fingerprint density at radius 1 is 1.03 bits per heavy atom. The minimum absolute atomic E-state index is 0.0816. The highest BCUT2D eigenvalue weighted by Crippen LogP contribution is 2.34. The topological polar surface area (TPSA) is 89.6 Å². The van der Waals surface area contributed by atoms with Gasteiger partial charge >= 0.3 is 0 Å². The van der Waals surface area contributed by atoms with Crippen molar-refractivity contribution >= 4 is 17.5 Å². The second-order valence-corrected chi connectivity index (χ2v) is 10.7. The van der Waals surface area contributed by atoms with Crippen LogP contribution in [0.3, 0.4) is 0 Å². The van der Waals surface area contributed by atoms with Gasteiger partial charge in [0.05, 0.1) is 11.7 Å². The van der Waals surface area contributed by atoms with Gasteiger partial charge in [-0.3, -0.25) is 14.5 Å². The van der Waals surface area contributed by atoms with Gasteiger partial charge in [-0.2, -0.15) is 0 Å². The third kappa shape index (κ3) is 5.89. The molecule has 0 radical (unpaired) electrons. The number of rotatable bonds is 5.